The fourth-order valence-corrected chi connectivity index (χ4v) is 1.36. The first kappa shape index (κ1) is 10.9. The molecule has 0 saturated heterocycles. The average Bonchev–Trinajstić information content (AvgIpc) is 2.63. The van der Waals surface area contributed by atoms with Gasteiger partial charge in [-0.15, -0.1) is 11.7 Å². The van der Waals surface area contributed by atoms with Crippen molar-refractivity contribution in [2.24, 2.45) is 5.84 Å². The van der Waals surface area contributed by atoms with Crippen molar-refractivity contribution >= 4 is 0 Å². The van der Waals surface area contributed by atoms with Gasteiger partial charge >= 0.3 is 0 Å². The molecule has 1 rings (SSSR count). The van der Waals surface area contributed by atoms with E-state index in [0.29, 0.717) is 0 Å². The van der Waals surface area contributed by atoms with Crippen LogP contribution in [-0.2, 0) is 6.54 Å². The molecular weight excluding hydrogens is 178 g/mol. The minimum atomic E-state index is 0.0500. The molecule has 0 bridgehead atoms. The van der Waals surface area contributed by atoms with Gasteiger partial charge in [-0.2, -0.15) is 0 Å². The number of nitrogens with one attached hydrogen (secondary N) is 1. The van der Waals surface area contributed by atoms with Gasteiger partial charge in [0.15, 0.2) is 0 Å². The molecule has 3 N–H and O–H groups in total. The fourth-order valence-electron chi connectivity index (χ4n) is 1.36. The van der Waals surface area contributed by atoms with Crippen LogP contribution in [0.3, 0.4) is 0 Å². The van der Waals surface area contributed by atoms with Crippen LogP contribution in [0.5, 0.6) is 0 Å². The Morgan fingerprint density at radius 2 is 2.57 bits per heavy atom. The minimum absolute atomic E-state index is 0.0500. The van der Waals surface area contributed by atoms with Gasteiger partial charge in [0, 0.05) is 6.54 Å². The van der Waals surface area contributed by atoms with Crippen molar-refractivity contribution < 1.29 is 0 Å². The van der Waals surface area contributed by atoms with Gasteiger partial charge in [-0.25, -0.2) is 4.68 Å². The van der Waals surface area contributed by atoms with Crippen molar-refractivity contribution in [3.05, 3.63) is 24.5 Å². The Bertz CT molecular complexity index is 280. The van der Waals surface area contributed by atoms with E-state index in [2.05, 4.69) is 29.2 Å². The van der Waals surface area contributed by atoms with Crippen molar-refractivity contribution in [1.29, 1.82) is 0 Å². The molecular formula is C9H17N5. The summed E-state index contributed by atoms with van der Waals surface area (Å²) in [6, 6.07) is 0.0500. The maximum absolute atomic E-state index is 5.45. The molecule has 1 aromatic rings. The maximum Gasteiger partial charge on any atom is 0.0773 e. The SMILES string of the molecule is C=CCC(NN)c1cnnn1CCC. The van der Waals surface area contributed by atoms with Gasteiger partial charge in [-0.3, -0.25) is 11.3 Å². The Kier molecular flexibility index (Phi) is 4.28. The fraction of sp³-hybridized carbons (Fsp3) is 0.556. The van der Waals surface area contributed by atoms with Gasteiger partial charge in [0.1, 0.15) is 0 Å². The van der Waals surface area contributed by atoms with Gasteiger partial charge in [0.2, 0.25) is 0 Å². The molecule has 0 spiro atoms. The molecule has 0 aliphatic rings. The van der Waals surface area contributed by atoms with Gasteiger partial charge in [-0.1, -0.05) is 18.2 Å². The highest BCUT2D eigenvalue weighted by Crippen LogP contribution is 2.14. The van der Waals surface area contributed by atoms with Crippen LogP contribution in [0.1, 0.15) is 31.5 Å². The first-order valence-corrected chi connectivity index (χ1v) is 4.78. The molecule has 0 fully saturated rings. The maximum atomic E-state index is 5.45. The summed E-state index contributed by atoms with van der Waals surface area (Å²) in [5.41, 5.74) is 3.74. The quantitative estimate of drug-likeness (QED) is 0.399. The Hall–Kier alpha value is -1.20. The van der Waals surface area contributed by atoms with Crippen molar-refractivity contribution in [2.45, 2.75) is 32.4 Å². The standard InChI is InChI=1S/C9H17N5/c1-3-5-8(12-10)9-7-11-13-14(9)6-4-2/h3,7-8,12H,1,4-6,10H2,2H3. The van der Waals surface area contributed by atoms with E-state index in [0.717, 1.165) is 25.1 Å². The summed E-state index contributed by atoms with van der Waals surface area (Å²) in [5.74, 6) is 5.45. The van der Waals surface area contributed by atoms with Crippen LogP contribution >= 0.6 is 0 Å². The summed E-state index contributed by atoms with van der Waals surface area (Å²) < 4.78 is 1.87. The van der Waals surface area contributed by atoms with Crippen LogP contribution in [0, 0.1) is 0 Å². The van der Waals surface area contributed by atoms with Gasteiger partial charge in [0.05, 0.1) is 17.9 Å². The molecule has 1 heterocycles. The van der Waals surface area contributed by atoms with Gasteiger partial charge in [0.25, 0.3) is 0 Å². The van der Waals surface area contributed by atoms with Crippen LogP contribution in [0.2, 0.25) is 0 Å². The Balaban J connectivity index is 2.79. The number of aryl methyl sites for hydroxylation is 1. The first-order valence-electron chi connectivity index (χ1n) is 4.78. The number of hydrogen-bond acceptors (Lipinski definition) is 4. The monoisotopic (exact) mass is 195 g/mol. The van der Waals surface area contributed by atoms with E-state index >= 15 is 0 Å². The van der Waals surface area contributed by atoms with E-state index in [1.807, 2.05) is 10.8 Å². The highest BCUT2D eigenvalue weighted by molar-refractivity contribution is 5.03. The van der Waals surface area contributed by atoms with Gasteiger partial charge in [-0.05, 0) is 12.8 Å². The lowest BCUT2D eigenvalue weighted by atomic mass is 10.1. The van der Waals surface area contributed by atoms with E-state index < -0.39 is 0 Å². The molecule has 14 heavy (non-hydrogen) atoms. The molecule has 1 unspecified atom stereocenters. The average molecular weight is 195 g/mol. The Labute approximate surface area is 84.0 Å². The molecule has 5 heteroatoms. The number of rotatable bonds is 6. The molecule has 0 aromatic carbocycles. The highest BCUT2D eigenvalue weighted by Gasteiger charge is 2.13. The second kappa shape index (κ2) is 5.51. The number of hydrazine groups is 1. The van der Waals surface area contributed by atoms with E-state index in [4.69, 9.17) is 5.84 Å². The molecule has 0 saturated carbocycles. The van der Waals surface area contributed by atoms with Crippen LogP contribution in [-0.4, -0.2) is 15.0 Å². The molecule has 0 radical (unpaired) electrons. The van der Waals surface area contributed by atoms with Crippen LogP contribution in [0.25, 0.3) is 0 Å². The zero-order valence-electron chi connectivity index (χ0n) is 8.48. The van der Waals surface area contributed by atoms with Gasteiger partial charge < -0.3 is 0 Å². The third kappa shape index (κ3) is 2.40. The zero-order valence-corrected chi connectivity index (χ0v) is 8.48. The smallest absolute Gasteiger partial charge is 0.0773 e. The molecule has 1 atom stereocenters. The van der Waals surface area contributed by atoms with E-state index in [9.17, 15) is 0 Å². The molecule has 0 aliphatic heterocycles. The molecule has 5 nitrogen and oxygen atoms in total. The normalized spacial score (nSPS) is 12.7. The van der Waals surface area contributed by atoms with Crippen molar-refractivity contribution in [3.63, 3.8) is 0 Å². The molecule has 1 aromatic heterocycles. The Morgan fingerprint density at radius 3 is 3.14 bits per heavy atom. The highest BCUT2D eigenvalue weighted by atomic mass is 15.4. The summed E-state index contributed by atoms with van der Waals surface area (Å²) in [5, 5.41) is 7.87. The van der Waals surface area contributed by atoms with E-state index in [-0.39, 0.29) is 6.04 Å². The summed E-state index contributed by atoms with van der Waals surface area (Å²) in [7, 11) is 0. The number of nitrogens with zero attached hydrogens (tertiary/aromatic N) is 3. The third-order valence-electron chi connectivity index (χ3n) is 2.04. The predicted molar refractivity (Wildman–Crippen MR) is 55.2 cm³/mol. The molecule has 0 aliphatic carbocycles. The second-order valence-electron chi connectivity index (χ2n) is 3.13. The number of aromatic nitrogens is 3. The largest absolute Gasteiger partial charge is 0.271 e. The minimum Gasteiger partial charge on any atom is -0.271 e. The summed E-state index contributed by atoms with van der Waals surface area (Å²) in [6.45, 7) is 6.66. The zero-order chi connectivity index (χ0) is 10.4. The first-order chi connectivity index (χ1) is 6.83. The van der Waals surface area contributed by atoms with Crippen molar-refractivity contribution in [1.82, 2.24) is 20.4 Å². The summed E-state index contributed by atoms with van der Waals surface area (Å²) in [6.07, 6.45) is 5.37. The van der Waals surface area contributed by atoms with Crippen LogP contribution in [0.15, 0.2) is 18.9 Å². The van der Waals surface area contributed by atoms with Crippen molar-refractivity contribution in [3.8, 4) is 0 Å². The van der Waals surface area contributed by atoms with E-state index in [1.165, 1.54) is 0 Å². The lowest BCUT2D eigenvalue weighted by molar-refractivity contribution is 0.478. The molecule has 0 amide bonds. The summed E-state index contributed by atoms with van der Waals surface area (Å²) >= 11 is 0. The lowest BCUT2D eigenvalue weighted by Crippen LogP contribution is -2.29. The second-order valence-corrected chi connectivity index (χ2v) is 3.13. The predicted octanol–water partition coefficient (Wildman–Crippen LogP) is 0.769. The lowest BCUT2D eigenvalue weighted by Gasteiger charge is -2.14. The third-order valence-corrected chi connectivity index (χ3v) is 2.04. The number of hydrogen-bond donors (Lipinski definition) is 2. The Morgan fingerprint density at radius 1 is 1.79 bits per heavy atom. The number of nitrogens with two attached hydrogens (primary N) is 1. The van der Waals surface area contributed by atoms with Crippen LogP contribution < -0.4 is 11.3 Å². The van der Waals surface area contributed by atoms with E-state index in [1.54, 1.807) is 6.20 Å². The van der Waals surface area contributed by atoms with Crippen LogP contribution in [0.4, 0.5) is 0 Å². The molecule has 78 valence electrons. The van der Waals surface area contributed by atoms with Crippen molar-refractivity contribution in [2.75, 3.05) is 0 Å². The topological polar surface area (TPSA) is 68.8 Å². The summed E-state index contributed by atoms with van der Waals surface area (Å²) in [4.78, 5) is 0.